The molecule has 1 saturated carbocycles. The Bertz CT molecular complexity index is 2480. The van der Waals surface area contributed by atoms with Gasteiger partial charge in [0.15, 0.2) is 5.78 Å². The minimum Gasteiger partial charge on any atom is -0.508 e. The Kier molecular flexibility index (Phi) is 8.64. The molecule has 284 valence electrons. The minimum atomic E-state index is -1.57. The van der Waals surface area contributed by atoms with Crippen LogP contribution in [0, 0.1) is 30.6 Å². The van der Waals surface area contributed by atoms with Gasteiger partial charge in [0.2, 0.25) is 11.8 Å². The number of nitrogens with zero attached hydrogens (tertiary/aromatic N) is 2. The molecule has 2 heterocycles. The molecule has 0 bridgehead atoms. The number of hydrogen-bond donors (Lipinski definition) is 2. The highest BCUT2D eigenvalue weighted by molar-refractivity contribution is 6.23. The van der Waals surface area contributed by atoms with Gasteiger partial charge in [-0.15, -0.1) is 0 Å². The zero-order valence-corrected chi connectivity index (χ0v) is 31.3. The highest BCUT2D eigenvalue weighted by Gasteiger charge is 2.71. The number of rotatable bonds is 8. The van der Waals surface area contributed by atoms with E-state index in [1.54, 1.807) is 72.8 Å². The lowest BCUT2D eigenvalue weighted by molar-refractivity contribution is -0.138. The lowest BCUT2D eigenvalue weighted by Gasteiger charge is -2.50. The number of methoxy groups -OCH3 is 1. The summed E-state index contributed by atoms with van der Waals surface area (Å²) in [6, 6.07) is 36.7. The van der Waals surface area contributed by atoms with E-state index in [0.717, 1.165) is 10.6 Å². The van der Waals surface area contributed by atoms with Crippen molar-refractivity contribution in [3.8, 4) is 11.5 Å². The molecule has 57 heavy (non-hydrogen) atoms. The summed E-state index contributed by atoms with van der Waals surface area (Å²) in [4.78, 5) is 73.7. The van der Waals surface area contributed by atoms with Gasteiger partial charge in [0.05, 0.1) is 41.7 Å². The van der Waals surface area contributed by atoms with Crippen LogP contribution in [0.3, 0.4) is 0 Å². The van der Waals surface area contributed by atoms with Crippen molar-refractivity contribution in [1.82, 2.24) is 5.01 Å². The number of carbonyl (C=O) groups is 5. The fourth-order valence-electron chi connectivity index (χ4n) is 9.83. The summed E-state index contributed by atoms with van der Waals surface area (Å²) in [6.45, 7) is 1.94. The number of ketones is 1. The number of imide groups is 2. The lowest BCUT2D eigenvalue weighted by atomic mass is 9.49. The van der Waals surface area contributed by atoms with Gasteiger partial charge in [-0.3, -0.25) is 34.3 Å². The predicted octanol–water partition coefficient (Wildman–Crippen LogP) is 7.13. The van der Waals surface area contributed by atoms with Gasteiger partial charge in [0.25, 0.3) is 11.8 Å². The smallest absolute Gasteiger partial charge is 0.260 e. The number of aromatic hydroxyl groups is 1. The third kappa shape index (κ3) is 5.42. The van der Waals surface area contributed by atoms with Gasteiger partial charge >= 0.3 is 0 Å². The molecule has 4 amide bonds. The van der Waals surface area contributed by atoms with Crippen molar-refractivity contribution in [3.05, 3.63) is 167 Å². The molecule has 2 aliphatic carbocycles. The number of carbonyl (C=O) groups excluding carboxylic acids is 5. The fourth-order valence-corrected chi connectivity index (χ4v) is 9.83. The van der Waals surface area contributed by atoms with Crippen molar-refractivity contribution < 1.29 is 33.8 Å². The van der Waals surface area contributed by atoms with Crippen LogP contribution in [0.5, 0.6) is 11.5 Å². The summed E-state index contributed by atoms with van der Waals surface area (Å²) in [5.41, 5.74) is 5.98. The molecule has 0 spiro atoms. The largest absolute Gasteiger partial charge is 0.508 e. The minimum absolute atomic E-state index is 0.0995. The maximum absolute atomic E-state index is 15.4. The van der Waals surface area contributed by atoms with Gasteiger partial charge in [0, 0.05) is 22.6 Å². The average Bonchev–Trinajstić information content (AvgIpc) is 3.62. The zero-order chi connectivity index (χ0) is 39.6. The van der Waals surface area contributed by atoms with Gasteiger partial charge in [-0.2, -0.15) is 5.01 Å². The van der Waals surface area contributed by atoms with Crippen LogP contribution in [0.15, 0.2) is 139 Å². The first-order valence-corrected chi connectivity index (χ1v) is 19.1. The summed E-state index contributed by atoms with van der Waals surface area (Å²) >= 11 is 0. The van der Waals surface area contributed by atoms with Crippen LogP contribution in [0.2, 0.25) is 0 Å². The van der Waals surface area contributed by atoms with E-state index in [2.05, 4.69) is 5.43 Å². The second-order valence-electron chi connectivity index (χ2n) is 15.2. The second kappa shape index (κ2) is 13.7. The molecule has 0 radical (unpaired) electrons. The average molecular weight is 758 g/mol. The van der Waals surface area contributed by atoms with Crippen LogP contribution < -0.4 is 15.1 Å². The predicted molar refractivity (Wildman–Crippen MR) is 212 cm³/mol. The van der Waals surface area contributed by atoms with E-state index in [9.17, 15) is 24.3 Å². The number of aryl methyl sites for hydroxylation is 1. The van der Waals surface area contributed by atoms with Crippen molar-refractivity contribution >= 4 is 40.8 Å². The molecule has 9 rings (SSSR count). The van der Waals surface area contributed by atoms with Crippen molar-refractivity contribution in [1.29, 1.82) is 0 Å². The number of allylic oxidation sites excluding steroid dienone is 2. The number of anilines is 2. The van der Waals surface area contributed by atoms with Crippen LogP contribution in [0.4, 0.5) is 11.4 Å². The summed E-state index contributed by atoms with van der Waals surface area (Å²) in [5.74, 6) is -5.90. The Morgan fingerprint density at radius 3 is 2.11 bits per heavy atom. The number of fused-ring (bicyclic) bond motifs is 4. The molecule has 6 unspecified atom stereocenters. The Hall–Kier alpha value is -6.81. The van der Waals surface area contributed by atoms with Crippen LogP contribution in [0.1, 0.15) is 51.4 Å². The number of phenols is 1. The van der Waals surface area contributed by atoms with Crippen LogP contribution >= 0.6 is 0 Å². The Labute approximate surface area is 329 Å². The van der Waals surface area contributed by atoms with Crippen LogP contribution in [-0.2, 0) is 24.6 Å². The molecule has 5 aromatic carbocycles. The third-order valence-corrected chi connectivity index (χ3v) is 12.4. The molecule has 2 saturated heterocycles. The Morgan fingerprint density at radius 2 is 1.42 bits per heavy atom. The molecule has 0 aromatic heterocycles. The van der Waals surface area contributed by atoms with E-state index in [4.69, 9.17) is 4.74 Å². The summed E-state index contributed by atoms with van der Waals surface area (Å²) in [6.07, 6.45) is 2.24. The van der Waals surface area contributed by atoms with Crippen molar-refractivity contribution in [2.45, 2.75) is 31.1 Å². The monoisotopic (exact) mass is 757 g/mol. The molecule has 5 aromatic rings. The first-order chi connectivity index (χ1) is 27.6. The first-order valence-electron chi connectivity index (χ1n) is 19.1. The van der Waals surface area contributed by atoms with E-state index in [-0.39, 0.29) is 30.3 Å². The molecule has 10 heteroatoms. The molecule has 6 atom stereocenters. The summed E-state index contributed by atoms with van der Waals surface area (Å²) in [5, 5.41) is 12.8. The number of phenolic OH excluding ortho intramolecular Hbond substituents is 1. The molecular formula is C47H39N3O7. The quantitative estimate of drug-likeness (QED) is 0.0971. The number of ether oxygens (including phenoxy) is 1. The zero-order valence-electron chi connectivity index (χ0n) is 31.3. The van der Waals surface area contributed by atoms with Gasteiger partial charge < -0.3 is 9.84 Å². The van der Waals surface area contributed by atoms with E-state index in [1.807, 2.05) is 61.5 Å². The van der Waals surface area contributed by atoms with Crippen LogP contribution in [-0.4, -0.2) is 46.6 Å². The molecule has 4 aliphatic rings. The number of benzene rings is 5. The SMILES string of the molecule is COc1cccc(O)c1C1C2=CCC3C(=O)N(c4ccc(C(=O)c5ccccc5)cc4)C(=O)C3C2CC2C(=O)N(Nc3ccc(C)cc3)C(=O)C21c1ccccc1. The highest BCUT2D eigenvalue weighted by atomic mass is 16.5. The van der Waals surface area contributed by atoms with E-state index in [1.165, 1.54) is 18.1 Å². The Morgan fingerprint density at radius 1 is 0.754 bits per heavy atom. The lowest BCUT2D eigenvalue weighted by Crippen LogP contribution is -2.53. The summed E-state index contributed by atoms with van der Waals surface area (Å²) < 4.78 is 5.87. The fraction of sp³-hybridized carbons (Fsp3) is 0.213. The molecule has 3 fully saturated rings. The third-order valence-electron chi connectivity index (χ3n) is 12.4. The highest BCUT2D eigenvalue weighted by Crippen LogP contribution is 2.66. The number of hydrogen-bond acceptors (Lipinski definition) is 8. The van der Waals surface area contributed by atoms with E-state index in [0.29, 0.717) is 45.0 Å². The van der Waals surface area contributed by atoms with Gasteiger partial charge in [-0.1, -0.05) is 96.1 Å². The topological polar surface area (TPSA) is 133 Å². The van der Waals surface area contributed by atoms with Crippen LogP contribution in [0.25, 0.3) is 0 Å². The molecular weight excluding hydrogens is 719 g/mol. The second-order valence-corrected chi connectivity index (χ2v) is 15.2. The van der Waals surface area contributed by atoms with Gasteiger partial charge in [-0.25, -0.2) is 0 Å². The molecule has 10 nitrogen and oxygen atoms in total. The Balaban J connectivity index is 1.17. The van der Waals surface area contributed by atoms with E-state index < -0.39 is 52.7 Å². The number of nitrogens with one attached hydrogen (secondary N) is 1. The number of amides is 4. The molecule has 2 N–H and O–H groups in total. The standard InChI is InChI=1S/C47H39N3O7/c1-27-16-20-31(21-17-27)48-50-44(54)36-26-35-33(41(40-37(51)14-9-15-38(40)57-2)47(36,46(50)56)30-12-7-4-8-13-30)24-25-34-39(35)45(55)49(43(34)53)32-22-18-29(19-23-32)42(52)28-10-5-3-6-11-28/h3-24,34-36,39,41,48,51H,25-26H2,1-2H3. The van der Waals surface area contributed by atoms with Gasteiger partial charge in [0.1, 0.15) is 11.5 Å². The number of hydrazine groups is 1. The van der Waals surface area contributed by atoms with Crippen molar-refractivity contribution in [2.75, 3.05) is 17.4 Å². The normalized spacial score (nSPS) is 25.1. The van der Waals surface area contributed by atoms with Gasteiger partial charge in [-0.05, 0) is 79.8 Å². The first kappa shape index (κ1) is 35.9. The van der Waals surface area contributed by atoms with E-state index >= 15 is 4.79 Å². The van der Waals surface area contributed by atoms with Crippen molar-refractivity contribution in [2.24, 2.45) is 23.7 Å². The maximum Gasteiger partial charge on any atom is 0.260 e. The maximum atomic E-state index is 15.4. The summed E-state index contributed by atoms with van der Waals surface area (Å²) in [7, 11) is 1.49. The van der Waals surface area contributed by atoms with Crippen molar-refractivity contribution in [3.63, 3.8) is 0 Å². The molecule has 2 aliphatic heterocycles.